The quantitative estimate of drug-likeness (QED) is 0.780. The van der Waals surface area contributed by atoms with Gasteiger partial charge in [-0.05, 0) is 31.6 Å². The molecule has 0 bridgehead atoms. The monoisotopic (exact) mass is 259 g/mol. The molecule has 1 rings (SSSR count). The standard InChI is InChI=1S/C16H25N3/c1-4-12-19(6-3)14-16(13-17,18-5-2)15-10-8-7-9-11-15/h7-11,18H,4-6,12,14H2,1-3H3. The predicted molar refractivity (Wildman–Crippen MR) is 79.8 cm³/mol. The van der Waals surface area contributed by atoms with Gasteiger partial charge in [-0.25, -0.2) is 0 Å². The van der Waals surface area contributed by atoms with Crippen LogP contribution in [-0.4, -0.2) is 31.1 Å². The summed E-state index contributed by atoms with van der Waals surface area (Å²) in [5.41, 5.74) is 0.440. The first-order valence-corrected chi connectivity index (χ1v) is 7.16. The Labute approximate surface area is 117 Å². The lowest BCUT2D eigenvalue weighted by molar-refractivity contribution is 0.222. The second-order valence-corrected chi connectivity index (χ2v) is 4.78. The minimum Gasteiger partial charge on any atom is -0.300 e. The van der Waals surface area contributed by atoms with Gasteiger partial charge in [-0.3, -0.25) is 5.32 Å². The van der Waals surface area contributed by atoms with Gasteiger partial charge in [-0.15, -0.1) is 0 Å². The summed E-state index contributed by atoms with van der Waals surface area (Å²) in [5, 5.41) is 13.1. The van der Waals surface area contributed by atoms with Crippen LogP contribution >= 0.6 is 0 Å². The van der Waals surface area contributed by atoms with Crippen molar-refractivity contribution in [3.63, 3.8) is 0 Å². The van der Waals surface area contributed by atoms with Gasteiger partial charge in [-0.2, -0.15) is 5.26 Å². The number of likely N-dealkylation sites (N-methyl/N-ethyl adjacent to an activating group) is 2. The predicted octanol–water partition coefficient (Wildman–Crippen LogP) is 2.75. The Bertz CT molecular complexity index is 396. The van der Waals surface area contributed by atoms with Crippen LogP contribution in [0, 0.1) is 11.3 Å². The molecular weight excluding hydrogens is 234 g/mol. The number of hydrogen-bond donors (Lipinski definition) is 1. The van der Waals surface area contributed by atoms with E-state index in [1.54, 1.807) is 0 Å². The fraction of sp³-hybridized carbons (Fsp3) is 0.562. The largest absolute Gasteiger partial charge is 0.300 e. The van der Waals surface area contributed by atoms with E-state index in [0.29, 0.717) is 0 Å². The molecule has 3 nitrogen and oxygen atoms in total. The molecule has 1 aromatic rings. The molecule has 0 aliphatic carbocycles. The second-order valence-electron chi connectivity index (χ2n) is 4.78. The van der Waals surface area contributed by atoms with E-state index in [1.807, 2.05) is 37.3 Å². The molecule has 0 saturated carbocycles. The summed E-state index contributed by atoms with van der Waals surface area (Å²) < 4.78 is 0. The molecule has 104 valence electrons. The van der Waals surface area contributed by atoms with Crippen LogP contribution in [-0.2, 0) is 5.54 Å². The van der Waals surface area contributed by atoms with Crippen molar-refractivity contribution in [1.82, 2.24) is 10.2 Å². The molecule has 0 spiro atoms. The van der Waals surface area contributed by atoms with Crippen LogP contribution in [0.4, 0.5) is 0 Å². The lowest BCUT2D eigenvalue weighted by Crippen LogP contribution is -2.50. The van der Waals surface area contributed by atoms with Crippen molar-refractivity contribution in [1.29, 1.82) is 5.26 Å². The zero-order valence-electron chi connectivity index (χ0n) is 12.3. The Balaban J connectivity index is 3.02. The van der Waals surface area contributed by atoms with E-state index < -0.39 is 5.54 Å². The molecule has 0 saturated heterocycles. The number of nitrogens with zero attached hydrogens (tertiary/aromatic N) is 2. The zero-order chi connectivity index (χ0) is 14.1. The average molecular weight is 259 g/mol. The van der Waals surface area contributed by atoms with Gasteiger partial charge in [-0.1, -0.05) is 51.1 Å². The lowest BCUT2D eigenvalue weighted by Gasteiger charge is -2.33. The molecular formula is C16H25N3. The first-order chi connectivity index (χ1) is 9.22. The van der Waals surface area contributed by atoms with Crippen molar-refractivity contribution in [3.05, 3.63) is 35.9 Å². The number of rotatable bonds is 8. The summed E-state index contributed by atoms with van der Waals surface area (Å²) in [7, 11) is 0. The Morgan fingerprint density at radius 2 is 1.89 bits per heavy atom. The third-order valence-electron chi connectivity index (χ3n) is 3.38. The highest BCUT2D eigenvalue weighted by molar-refractivity contribution is 5.32. The van der Waals surface area contributed by atoms with E-state index in [4.69, 9.17) is 0 Å². The smallest absolute Gasteiger partial charge is 0.145 e. The van der Waals surface area contributed by atoms with Gasteiger partial charge in [0.2, 0.25) is 0 Å². The number of benzene rings is 1. The molecule has 0 aromatic heterocycles. The highest BCUT2D eigenvalue weighted by Crippen LogP contribution is 2.22. The minimum absolute atomic E-state index is 0.610. The van der Waals surface area contributed by atoms with Crippen LogP contribution in [0.5, 0.6) is 0 Å². The number of nitriles is 1. The first kappa shape index (κ1) is 15.7. The molecule has 0 radical (unpaired) electrons. The van der Waals surface area contributed by atoms with Gasteiger partial charge in [0.1, 0.15) is 5.54 Å². The maximum absolute atomic E-state index is 9.73. The van der Waals surface area contributed by atoms with Gasteiger partial charge in [0.25, 0.3) is 0 Å². The fourth-order valence-corrected chi connectivity index (χ4v) is 2.41. The summed E-state index contributed by atoms with van der Waals surface area (Å²) >= 11 is 0. The van der Waals surface area contributed by atoms with Crippen molar-refractivity contribution >= 4 is 0 Å². The Morgan fingerprint density at radius 3 is 2.37 bits per heavy atom. The van der Waals surface area contributed by atoms with Crippen LogP contribution in [0.3, 0.4) is 0 Å². The number of nitrogens with one attached hydrogen (secondary N) is 1. The van der Waals surface area contributed by atoms with Crippen LogP contribution in [0.2, 0.25) is 0 Å². The van der Waals surface area contributed by atoms with Gasteiger partial charge < -0.3 is 4.90 Å². The summed E-state index contributed by atoms with van der Waals surface area (Å²) in [6.07, 6.45) is 1.11. The van der Waals surface area contributed by atoms with Crippen molar-refractivity contribution in [2.45, 2.75) is 32.7 Å². The van der Waals surface area contributed by atoms with Crippen molar-refractivity contribution in [2.24, 2.45) is 0 Å². The molecule has 1 aromatic carbocycles. The SMILES string of the molecule is CCCN(CC)CC(C#N)(NCC)c1ccccc1. The van der Waals surface area contributed by atoms with Crippen molar-refractivity contribution in [2.75, 3.05) is 26.2 Å². The Hall–Kier alpha value is -1.37. The summed E-state index contributed by atoms with van der Waals surface area (Å²) in [4.78, 5) is 2.33. The molecule has 0 amide bonds. The normalized spacial score (nSPS) is 14.1. The third kappa shape index (κ3) is 4.05. The van der Waals surface area contributed by atoms with Crippen LogP contribution < -0.4 is 5.32 Å². The average Bonchev–Trinajstić information content (AvgIpc) is 2.47. The highest BCUT2D eigenvalue weighted by Gasteiger charge is 2.32. The van der Waals surface area contributed by atoms with E-state index in [1.165, 1.54) is 0 Å². The Morgan fingerprint density at radius 1 is 1.21 bits per heavy atom. The molecule has 0 heterocycles. The highest BCUT2D eigenvalue weighted by atomic mass is 15.2. The Kier molecular flexibility index (Phi) is 6.55. The van der Waals surface area contributed by atoms with Gasteiger partial charge in [0.05, 0.1) is 6.07 Å². The molecule has 0 fully saturated rings. The molecule has 0 aliphatic rings. The third-order valence-corrected chi connectivity index (χ3v) is 3.38. The van der Waals surface area contributed by atoms with E-state index in [2.05, 4.69) is 30.1 Å². The number of hydrogen-bond acceptors (Lipinski definition) is 3. The van der Waals surface area contributed by atoms with E-state index in [0.717, 1.165) is 38.2 Å². The topological polar surface area (TPSA) is 39.1 Å². The maximum Gasteiger partial charge on any atom is 0.145 e. The first-order valence-electron chi connectivity index (χ1n) is 7.16. The molecule has 1 unspecified atom stereocenters. The molecule has 1 atom stereocenters. The van der Waals surface area contributed by atoms with E-state index in [-0.39, 0.29) is 0 Å². The molecule has 1 N–H and O–H groups in total. The summed E-state index contributed by atoms with van der Waals surface area (Å²) in [6.45, 7) is 9.87. The maximum atomic E-state index is 9.73. The molecule has 0 aliphatic heterocycles. The summed E-state index contributed by atoms with van der Waals surface area (Å²) in [6, 6.07) is 12.5. The van der Waals surface area contributed by atoms with Gasteiger partial charge in [0.15, 0.2) is 0 Å². The molecule has 19 heavy (non-hydrogen) atoms. The van der Waals surface area contributed by atoms with Crippen LogP contribution in [0.25, 0.3) is 0 Å². The van der Waals surface area contributed by atoms with Crippen molar-refractivity contribution < 1.29 is 0 Å². The summed E-state index contributed by atoms with van der Waals surface area (Å²) in [5.74, 6) is 0. The van der Waals surface area contributed by atoms with E-state index >= 15 is 0 Å². The fourth-order valence-electron chi connectivity index (χ4n) is 2.41. The van der Waals surface area contributed by atoms with Gasteiger partial charge >= 0.3 is 0 Å². The van der Waals surface area contributed by atoms with Crippen LogP contribution in [0.1, 0.15) is 32.8 Å². The second kappa shape index (κ2) is 7.93. The lowest BCUT2D eigenvalue weighted by atomic mass is 9.90. The van der Waals surface area contributed by atoms with Gasteiger partial charge in [0, 0.05) is 6.54 Å². The minimum atomic E-state index is -0.610. The zero-order valence-corrected chi connectivity index (χ0v) is 12.3. The van der Waals surface area contributed by atoms with E-state index in [9.17, 15) is 5.26 Å². The molecule has 3 heteroatoms. The van der Waals surface area contributed by atoms with Crippen molar-refractivity contribution in [3.8, 4) is 6.07 Å². The van der Waals surface area contributed by atoms with Crippen LogP contribution in [0.15, 0.2) is 30.3 Å².